The maximum Gasteiger partial charge on any atom is 0.0115 e. The van der Waals surface area contributed by atoms with Gasteiger partial charge in [0.1, 0.15) is 0 Å². The lowest BCUT2D eigenvalue weighted by Gasteiger charge is -2.13. The average molecular weight is 232 g/mol. The van der Waals surface area contributed by atoms with Crippen molar-refractivity contribution in [1.29, 1.82) is 0 Å². The Morgan fingerprint density at radius 3 is 3.07 bits per heavy atom. The third-order valence-corrected chi connectivity index (χ3v) is 3.59. The van der Waals surface area contributed by atoms with Gasteiger partial charge in [-0.1, -0.05) is 18.9 Å². The van der Waals surface area contributed by atoms with E-state index in [2.05, 4.69) is 22.8 Å². The Kier molecular flexibility index (Phi) is 5.53. The lowest BCUT2D eigenvalue weighted by molar-refractivity contribution is 0.510. The molecule has 1 aliphatic rings. The fraction of sp³-hybridized carbons (Fsp3) is 0.636. The molecule has 0 spiro atoms. The van der Waals surface area contributed by atoms with Gasteiger partial charge in [0.2, 0.25) is 0 Å². The number of hydrogen-bond donors (Lipinski definition) is 1. The van der Waals surface area contributed by atoms with Gasteiger partial charge >= 0.3 is 0 Å². The van der Waals surface area contributed by atoms with Crippen LogP contribution in [0, 0.1) is 0 Å². The summed E-state index contributed by atoms with van der Waals surface area (Å²) in [7, 11) is 0. The summed E-state index contributed by atoms with van der Waals surface area (Å²) in [6, 6.07) is 5.13. The van der Waals surface area contributed by atoms with Crippen molar-refractivity contribution in [1.82, 2.24) is 5.32 Å². The highest BCUT2D eigenvalue weighted by Crippen LogP contribution is 2.16. The van der Waals surface area contributed by atoms with Crippen molar-refractivity contribution in [3.63, 3.8) is 0 Å². The smallest absolute Gasteiger partial charge is 0.0115 e. The van der Waals surface area contributed by atoms with Gasteiger partial charge in [-0.25, -0.2) is 0 Å². The summed E-state index contributed by atoms with van der Waals surface area (Å²) in [6.07, 6.45) is 6.77. The Morgan fingerprint density at radius 2 is 2.29 bits per heavy atom. The predicted octanol–water partition coefficient (Wildman–Crippen LogP) is 3.24. The van der Waals surface area contributed by atoms with Crippen molar-refractivity contribution in [2.45, 2.75) is 38.1 Å². The molecule has 1 aromatic rings. The molecule has 0 amide bonds. The molecule has 1 aromatic heterocycles. The molecule has 0 bridgehead atoms. The quantitative estimate of drug-likeness (QED) is 0.824. The lowest BCUT2D eigenvalue weighted by Crippen LogP contribution is -2.29. The first-order valence-corrected chi connectivity index (χ1v) is 6.09. The molecule has 80 valence electrons. The number of rotatable bonds is 2. The minimum Gasteiger partial charge on any atom is -0.314 e. The molecule has 1 fully saturated rings. The third kappa shape index (κ3) is 3.60. The highest BCUT2D eigenvalue weighted by molar-refractivity contribution is 7.09. The van der Waals surface area contributed by atoms with Crippen molar-refractivity contribution >= 4 is 23.7 Å². The van der Waals surface area contributed by atoms with E-state index in [1.165, 1.54) is 43.5 Å². The van der Waals surface area contributed by atoms with E-state index in [4.69, 9.17) is 0 Å². The first-order valence-electron chi connectivity index (χ1n) is 5.21. The van der Waals surface area contributed by atoms with E-state index in [0.717, 1.165) is 6.04 Å². The van der Waals surface area contributed by atoms with Crippen molar-refractivity contribution < 1.29 is 0 Å². The molecular formula is C11H18ClNS. The predicted molar refractivity (Wildman–Crippen MR) is 65.5 cm³/mol. The molecule has 2 rings (SSSR count). The van der Waals surface area contributed by atoms with Crippen molar-refractivity contribution in [3.8, 4) is 0 Å². The minimum atomic E-state index is 0. The summed E-state index contributed by atoms with van der Waals surface area (Å²) in [5.41, 5.74) is 0. The Hall–Kier alpha value is -0.0500. The Balaban J connectivity index is 0.000000980. The Labute approximate surface area is 96.3 Å². The van der Waals surface area contributed by atoms with Crippen molar-refractivity contribution in [3.05, 3.63) is 22.4 Å². The Morgan fingerprint density at radius 1 is 1.36 bits per heavy atom. The monoisotopic (exact) mass is 231 g/mol. The van der Waals surface area contributed by atoms with Crippen molar-refractivity contribution in [2.24, 2.45) is 0 Å². The fourth-order valence-electron chi connectivity index (χ4n) is 1.95. The standard InChI is InChI=1S/C11H17NS.ClH/c1-2-5-10(12-7-3-1)9-11-6-4-8-13-11;/h4,6,8,10,12H,1-3,5,7,9H2;1H. The van der Waals surface area contributed by atoms with Crippen LogP contribution in [0.2, 0.25) is 0 Å². The third-order valence-electron chi connectivity index (χ3n) is 2.69. The van der Waals surface area contributed by atoms with Gasteiger partial charge in [-0.2, -0.15) is 0 Å². The molecule has 2 heterocycles. The van der Waals surface area contributed by atoms with Gasteiger partial charge < -0.3 is 5.32 Å². The molecule has 3 heteroatoms. The summed E-state index contributed by atoms with van der Waals surface area (Å²) < 4.78 is 0. The molecule has 0 aromatic carbocycles. The molecular weight excluding hydrogens is 214 g/mol. The van der Waals surface area contributed by atoms with Gasteiger partial charge in [0.15, 0.2) is 0 Å². The molecule has 1 nitrogen and oxygen atoms in total. The van der Waals surface area contributed by atoms with Crippen LogP contribution in [0.25, 0.3) is 0 Å². The van der Waals surface area contributed by atoms with E-state index < -0.39 is 0 Å². The first kappa shape index (κ1) is 12.0. The van der Waals surface area contributed by atoms with E-state index in [9.17, 15) is 0 Å². The van der Waals surface area contributed by atoms with Gasteiger partial charge in [0, 0.05) is 10.9 Å². The van der Waals surface area contributed by atoms with Gasteiger partial charge in [-0.3, -0.25) is 0 Å². The van der Waals surface area contributed by atoms with E-state index in [0.29, 0.717) is 0 Å². The average Bonchev–Trinajstić information content (AvgIpc) is 2.49. The van der Waals surface area contributed by atoms with E-state index in [1.54, 1.807) is 0 Å². The zero-order valence-corrected chi connectivity index (χ0v) is 10.0. The van der Waals surface area contributed by atoms with Crippen LogP contribution in [0.3, 0.4) is 0 Å². The molecule has 1 aliphatic heterocycles. The second-order valence-corrected chi connectivity index (χ2v) is 4.82. The van der Waals surface area contributed by atoms with Crippen LogP contribution >= 0.6 is 23.7 Å². The first-order chi connectivity index (χ1) is 6.45. The summed E-state index contributed by atoms with van der Waals surface area (Å²) in [4.78, 5) is 1.53. The topological polar surface area (TPSA) is 12.0 Å². The summed E-state index contributed by atoms with van der Waals surface area (Å²) >= 11 is 1.88. The zero-order chi connectivity index (χ0) is 8.93. The van der Waals surface area contributed by atoms with Crippen LogP contribution < -0.4 is 5.32 Å². The maximum absolute atomic E-state index is 3.63. The van der Waals surface area contributed by atoms with Crippen LogP contribution in [-0.2, 0) is 6.42 Å². The van der Waals surface area contributed by atoms with E-state index in [1.807, 2.05) is 11.3 Å². The molecule has 0 saturated carbocycles. The molecule has 1 saturated heterocycles. The van der Waals surface area contributed by atoms with Gasteiger partial charge in [0.05, 0.1) is 0 Å². The largest absolute Gasteiger partial charge is 0.314 e. The fourth-order valence-corrected chi connectivity index (χ4v) is 2.73. The lowest BCUT2D eigenvalue weighted by atomic mass is 10.1. The normalized spacial score (nSPS) is 22.4. The SMILES string of the molecule is Cl.c1csc(CC2CCCCCN2)c1. The van der Waals surface area contributed by atoms with Crippen LogP contribution in [0.4, 0.5) is 0 Å². The summed E-state index contributed by atoms with van der Waals surface area (Å²) in [5.74, 6) is 0. The highest BCUT2D eigenvalue weighted by atomic mass is 35.5. The second-order valence-electron chi connectivity index (χ2n) is 3.78. The van der Waals surface area contributed by atoms with Crippen LogP contribution in [0.1, 0.15) is 30.6 Å². The molecule has 0 aliphatic carbocycles. The summed E-state index contributed by atoms with van der Waals surface area (Å²) in [5, 5.41) is 5.80. The van der Waals surface area contributed by atoms with Gasteiger partial charge in [-0.05, 0) is 37.3 Å². The molecule has 1 N–H and O–H groups in total. The molecule has 0 radical (unpaired) electrons. The number of nitrogens with one attached hydrogen (secondary N) is 1. The minimum absolute atomic E-state index is 0. The van der Waals surface area contributed by atoms with Crippen LogP contribution in [0.5, 0.6) is 0 Å². The van der Waals surface area contributed by atoms with E-state index in [-0.39, 0.29) is 12.4 Å². The number of hydrogen-bond acceptors (Lipinski definition) is 2. The van der Waals surface area contributed by atoms with Gasteiger partial charge in [-0.15, -0.1) is 23.7 Å². The van der Waals surface area contributed by atoms with E-state index >= 15 is 0 Å². The van der Waals surface area contributed by atoms with Crippen LogP contribution in [0.15, 0.2) is 17.5 Å². The summed E-state index contributed by atoms with van der Waals surface area (Å²) in [6.45, 7) is 1.22. The van der Waals surface area contributed by atoms with Gasteiger partial charge in [0.25, 0.3) is 0 Å². The Bertz CT molecular complexity index is 227. The van der Waals surface area contributed by atoms with Crippen molar-refractivity contribution in [2.75, 3.05) is 6.54 Å². The maximum atomic E-state index is 3.63. The van der Waals surface area contributed by atoms with Crippen LogP contribution in [-0.4, -0.2) is 12.6 Å². The molecule has 1 unspecified atom stereocenters. The zero-order valence-electron chi connectivity index (χ0n) is 8.37. The number of thiophene rings is 1. The molecule has 1 atom stereocenters. The molecule has 14 heavy (non-hydrogen) atoms. The highest BCUT2D eigenvalue weighted by Gasteiger charge is 2.11. The number of halogens is 1. The second kappa shape index (κ2) is 6.44.